The highest BCUT2D eigenvalue weighted by Gasteiger charge is 2.41. The number of nitrogens with one attached hydrogen (secondary N) is 1. The standard InChI is InChI=1S/C17H24N4O5S/c18-11-12-4-1-7-15(12)19-17(22)16-8-3-9-20(16)27(25,26)14-6-2-5-13(10-14)21(23)24/h2,5-6,10,12,15-16H,1,3-4,7-9,11,18H2,(H,19,22). The van der Waals surface area contributed by atoms with Gasteiger partial charge >= 0.3 is 0 Å². The Morgan fingerprint density at radius 3 is 2.78 bits per heavy atom. The lowest BCUT2D eigenvalue weighted by molar-refractivity contribution is -0.385. The predicted octanol–water partition coefficient (Wildman–Crippen LogP) is 0.992. The Morgan fingerprint density at radius 1 is 1.30 bits per heavy atom. The fraction of sp³-hybridized carbons (Fsp3) is 0.588. The molecule has 10 heteroatoms. The van der Waals surface area contributed by atoms with Gasteiger partial charge in [-0.1, -0.05) is 12.5 Å². The molecular weight excluding hydrogens is 372 g/mol. The Balaban J connectivity index is 1.79. The largest absolute Gasteiger partial charge is 0.352 e. The van der Waals surface area contributed by atoms with Crippen LogP contribution in [0.3, 0.4) is 0 Å². The van der Waals surface area contributed by atoms with Crippen LogP contribution in [0.25, 0.3) is 0 Å². The third-order valence-corrected chi connectivity index (χ3v) is 7.34. The van der Waals surface area contributed by atoms with Gasteiger partial charge in [-0.3, -0.25) is 14.9 Å². The summed E-state index contributed by atoms with van der Waals surface area (Å²) in [4.78, 5) is 22.9. The molecule has 2 fully saturated rings. The number of benzene rings is 1. The molecule has 1 aromatic carbocycles. The number of nitrogens with two attached hydrogens (primary N) is 1. The molecule has 0 radical (unpaired) electrons. The van der Waals surface area contributed by atoms with Crippen LogP contribution in [0.15, 0.2) is 29.2 Å². The van der Waals surface area contributed by atoms with E-state index < -0.39 is 21.0 Å². The van der Waals surface area contributed by atoms with Crippen LogP contribution in [0.5, 0.6) is 0 Å². The lowest BCUT2D eigenvalue weighted by Gasteiger charge is -2.26. The zero-order chi connectivity index (χ0) is 19.6. The molecule has 1 aliphatic carbocycles. The van der Waals surface area contributed by atoms with Gasteiger partial charge < -0.3 is 11.1 Å². The van der Waals surface area contributed by atoms with Gasteiger partial charge in [-0.05, 0) is 44.2 Å². The van der Waals surface area contributed by atoms with Crippen LogP contribution in [0.2, 0.25) is 0 Å². The zero-order valence-electron chi connectivity index (χ0n) is 14.9. The van der Waals surface area contributed by atoms with Crippen LogP contribution in [0.1, 0.15) is 32.1 Å². The summed E-state index contributed by atoms with van der Waals surface area (Å²) in [7, 11) is -4.00. The lowest BCUT2D eigenvalue weighted by atomic mass is 10.0. The molecule has 3 unspecified atom stereocenters. The lowest BCUT2D eigenvalue weighted by Crippen LogP contribution is -2.50. The number of hydrogen-bond donors (Lipinski definition) is 2. The van der Waals surface area contributed by atoms with Crippen LogP contribution in [-0.2, 0) is 14.8 Å². The van der Waals surface area contributed by atoms with Crippen molar-refractivity contribution in [1.82, 2.24) is 9.62 Å². The number of amides is 1. The fourth-order valence-corrected chi connectivity index (χ4v) is 5.67. The molecule has 3 N–H and O–H groups in total. The van der Waals surface area contributed by atoms with E-state index in [4.69, 9.17) is 5.73 Å². The number of nitrogens with zero attached hydrogens (tertiary/aromatic N) is 2. The van der Waals surface area contributed by atoms with Gasteiger partial charge in [0, 0.05) is 24.7 Å². The molecular formula is C17H24N4O5S. The molecule has 1 saturated heterocycles. The van der Waals surface area contributed by atoms with E-state index in [9.17, 15) is 23.3 Å². The topological polar surface area (TPSA) is 136 Å². The summed E-state index contributed by atoms with van der Waals surface area (Å²) >= 11 is 0. The van der Waals surface area contributed by atoms with Crippen molar-refractivity contribution in [3.05, 3.63) is 34.4 Å². The summed E-state index contributed by atoms with van der Waals surface area (Å²) in [6.45, 7) is 0.708. The highest BCUT2D eigenvalue weighted by Crippen LogP contribution is 2.29. The second-order valence-electron chi connectivity index (χ2n) is 7.07. The van der Waals surface area contributed by atoms with E-state index in [1.54, 1.807) is 0 Å². The van der Waals surface area contributed by atoms with Gasteiger partial charge in [0.25, 0.3) is 5.69 Å². The molecule has 3 atom stereocenters. The SMILES string of the molecule is NCC1CCCC1NC(=O)C1CCCN1S(=O)(=O)c1cccc([N+](=O)[O-])c1. The number of carbonyl (C=O) groups excluding carboxylic acids is 1. The first-order valence-corrected chi connectivity index (χ1v) is 10.6. The third kappa shape index (κ3) is 3.97. The predicted molar refractivity (Wildman–Crippen MR) is 98.3 cm³/mol. The van der Waals surface area contributed by atoms with E-state index in [2.05, 4.69) is 5.32 Å². The van der Waals surface area contributed by atoms with E-state index in [0.717, 1.165) is 29.6 Å². The highest BCUT2D eigenvalue weighted by molar-refractivity contribution is 7.89. The smallest absolute Gasteiger partial charge is 0.270 e. The van der Waals surface area contributed by atoms with Crippen molar-refractivity contribution in [3.63, 3.8) is 0 Å². The van der Waals surface area contributed by atoms with E-state index in [-0.39, 0.29) is 35.0 Å². The fourth-order valence-electron chi connectivity index (χ4n) is 3.97. The average molecular weight is 396 g/mol. The Bertz CT molecular complexity index is 828. The van der Waals surface area contributed by atoms with Crippen LogP contribution in [0, 0.1) is 16.0 Å². The molecule has 1 heterocycles. The number of sulfonamides is 1. The van der Waals surface area contributed by atoms with Crippen LogP contribution in [-0.4, -0.2) is 48.7 Å². The summed E-state index contributed by atoms with van der Waals surface area (Å²) in [6.07, 6.45) is 3.80. The maximum absolute atomic E-state index is 13.0. The van der Waals surface area contributed by atoms with Crippen LogP contribution in [0.4, 0.5) is 5.69 Å². The Labute approximate surface area is 158 Å². The minimum atomic E-state index is -4.00. The van der Waals surface area contributed by atoms with E-state index in [0.29, 0.717) is 19.4 Å². The van der Waals surface area contributed by atoms with Gasteiger partial charge in [0.2, 0.25) is 15.9 Å². The Kier molecular flexibility index (Phi) is 5.78. The van der Waals surface area contributed by atoms with Gasteiger partial charge in [-0.25, -0.2) is 8.42 Å². The van der Waals surface area contributed by atoms with E-state index in [1.165, 1.54) is 18.2 Å². The van der Waals surface area contributed by atoms with Crippen molar-refractivity contribution in [2.24, 2.45) is 11.7 Å². The summed E-state index contributed by atoms with van der Waals surface area (Å²) in [5.41, 5.74) is 5.45. The van der Waals surface area contributed by atoms with Gasteiger partial charge in [0.1, 0.15) is 6.04 Å². The van der Waals surface area contributed by atoms with Crippen molar-refractivity contribution in [2.45, 2.75) is 49.1 Å². The number of nitro groups is 1. The molecule has 9 nitrogen and oxygen atoms in total. The average Bonchev–Trinajstić information content (AvgIpc) is 3.31. The van der Waals surface area contributed by atoms with Crippen LogP contribution >= 0.6 is 0 Å². The van der Waals surface area contributed by atoms with E-state index >= 15 is 0 Å². The second-order valence-corrected chi connectivity index (χ2v) is 8.96. The molecule has 2 aliphatic rings. The highest BCUT2D eigenvalue weighted by atomic mass is 32.2. The minimum absolute atomic E-state index is 0.0227. The first-order chi connectivity index (χ1) is 12.8. The Morgan fingerprint density at radius 2 is 2.07 bits per heavy atom. The van der Waals surface area contributed by atoms with Crippen molar-refractivity contribution >= 4 is 21.6 Å². The molecule has 0 aromatic heterocycles. The van der Waals surface area contributed by atoms with Gasteiger partial charge in [0.05, 0.1) is 9.82 Å². The first kappa shape index (κ1) is 19.7. The second kappa shape index (κ2) is 7.91. The first-order valence-electron chi connectivity index (χ1n) is 9.11. The van der Waals surface area contributed by atoms with Crippen molar-refractivity contribution < 1.29 is 18.1 Å². The summed E-state index contributed by atoms with van der Waals surface area (Å²) in [5.74, 6) is -0.0935. The number of rotatable bonds is 6. The zero-order valence-corrected chi connectivity index (χ0v) is 15.7. The minimum Gasteiger partial charge on any atom is -0.352 e. The molecule has 148 valence electrons. The van der Waals surface area contributed by atoms with Gasteiger partial charge in [0.15, 0.2) is 0 Å². The van der Waals surface area contributed by atoms with E-state index in [1.807, 2.05) is 0 Å². The normalized spacial score (nSPS) is 26.2. The van der Waals surface area contributed by atoms with Crippen molar-refractivity contribution in [1.29, 1.82) is 0 Å². The maximum Gasteiger partial charge on any atom is 0.270 e. The summed E-state index contributed by atoms with van der Waals surface area (Å²) in [6, 6.07) is 4.10. The summed E-state index contributed by atoms with van der Waals surface area (Å²) in [5, 5.41) is 13.9. The quantitative estimate of drug-likeness (QED) is 0.544. The molecule has 0 spiro atoms. The van der Waals surface area contributed by atoms with Crippen molar-refractivity contribution in [2.75, 3.05) is 13.1 Å². The molecule has 1 aliphatic heterocycles. The molecule has 0 bridgehead atoms. The molecule has 1 aromatic rings. The number of nitro benzene ring substituents is 1. The number of non-ortho nitro benzene ring substituents is 1. The molecule has 1 saturated carbocycles. The molecule has 3 rings (SSSR count). The number of carbonyl (C=O) groups is 1. The molecule has 27 heavy (non-hydrogen) atoms. The van der Waals surface area contributed by atoms with Crippen LogP contribution < -0.4 is 11.1 Å². The third-order valence-electron chi connectivity index (χ3n) is 5.43. The van der Waals surface area contributed by atoms with Gasteiger partial charge in [-0.2, -0.15) is 4.31 Å². The van der Waals surface area contributed by atoms with Gasteiger partial charge in [-0.15, -0.1) is 0 Å². The Hall–Kier alpha value is -2.04. The monoisotopic (exact) mass is 396 g/mol. The van der Waals surface area contributed by atoms with Crippen molar-refractivity contribution in [3.8, 4) is 0 Å². The maximum atomic E-state index is 13.0. The summed E-state index contributed by atoms with van der Waals surface area (Å²) < 4.78 is 27.1. The molecule has 1 amide bonds. The number of hydrogen-bond acceptors (Lipinski definition) is 6.